The van der Waals surface area contributed by atoms with E-state index in [-0.39, 0.29) is 5.69 Å². The number of nitro groups is 1. The minimum atomic E-state index is -0.605. The highest BCUT2D eigenvalue weighted by Crippen LogP contribution is 2.04. The molecule has 7 nitrogen and oxygen atoms in total. The van der Waals surface area contributed by atoms with Crippen LogP contribution in [0.5, 0.6) is 0 Å². The number of esters is 1. The smallest absolute Gasteiger partial charge is 0.358 e. The van der Waals surface area contributed by atoms with Gasteiger partial charge in [0.25, 0.3) is 0 Å². The topological polar surface area (TPSA) is 87.3 Å². The Morgan fingerprint density at radius 2 is 2.40 bits per heavy atom. The zero-order valence-electron chi connectivity index (χ0n) is 8.21. The van der Waals surface area contributed by atoms with Crippen molar-refractivity contribution in [3.63, 3.8) is 0 Å². The van der Waals surface area contributed by atoms with Crippen LogP contribution in [0.3, 0.4) is 0 Å². The highest BCUT2D eigenvalue weighted by atomic mass is 16.6. The molecule has 0 saturated heterocycles. The maximum absolute atomic E-state index is 11.1. The van der Waals surface area contributed by atoms with E-state index in [2.05, 4.69) is 9.72 Å². The van der Waals surface area contributed by atoms with Gasteiger partial charge in [-0.1, -0.05) is 0 Å². The Labute approximate surface area is 85.1 Å². The molecule has 0 unspecified atom stereocenters. The lowest BCUT2D eigenvalue weighted by atomic mass is 10.5. The zero-order valence-corrected chi connectivity index (χ0v) is 8.21. The number of aromatic nitrogens is 2. The van der Waals surface area contributed by atoms with E-state index in [1.165, 1.54) is 23.9 Å². The first-order chi connectivity index (χ1) is 7.04. The van der Waals surface area contributed by atoms with E-state index in [1.54, 1.807) is 7.05 Å². The van der Waals surface area contributed by atoms with Crippen LogP contribution in [0.15, 0.2) is 12.4 Å². The fourth-order valence-electron chi connectivity index (χ4n) is 0.966. The molecular formula is C8H9N3O4. The normalized spacial score (nSPS) is 10.5. The highest BCUT2D eigenvalue weighted by Gasteiger charge is 2.11. The SMILES string of the molecule is COC(=O)c1cn(C)c(/C=C/[N+](=O)[O-])n1. The van der Waals surface area contributed by atoms with E-state index >= 15 is 0 Å². The second kappa shape index (κ2) is 4.36. The number of methoxy groups -OCH3 is 1. The van der Waals surface area contributed by atoms with Gasteiger partial charge in [0.05, 0.1) is 18.1 Å². The summed E-state index contributed by atoms with van der Waals surface area (Å²) in [4.78, 5) is 24.4. The van der Waals surface area contributed by atoms with Crippen LogP contribution in [0.4, 0.5) is 0 Å². The average Bonchev–Trinajstić information content (AvgIpc) is 2.55. The fourth-order valence-corrected chi connectivity index (χ4v) is 0.966. The molecule has 0 radical (unpaired) electrons. The molecule has 0 aliphatic rings. The molecule has 0 aliphatic heterocycles. The molecule has 0 atom stereocenters. The van der Waals surface area contributed by atoms with Gasteiger partial charge >= 0.3 is 5.97 Å². The Hall–Kier alpha value is -2.18. The van der Waals surface area contributed by atoms with E-state index in [4.69, 9.17) is 0 Å². The van der Waals surface area contributed by atoms with Crippen LogP contribution in [-0.2, 0) is 11.8 Å². The van der Waals surface area contributed by atoms with Crippen molar-refractivity contribution in [3.05, 3.63) is 34.0 Å². The third kappa shape index (κ3) is 2.63. The molecule has 1 heterocycles. The maximum atomic E-state index is 11.1. The molecule has 1 rings (SSSR count). The zero-order chi connectivity index (χ0) is 11.4. The summed E-state index contributed by atoms with van der Waals surface area (Å²) in [6, 6.07) is 0. The minimum absolute atomic E-state index is 0.114. The van der Waals surface area contributed by atoms with Gasteiger partial charge in [-0.25, -0.2) is 9.78 Å². The van der Waals surface area contributed by atoms with E-state index in [0.717, 1.165) is 6.20 Å². The van der Waals surface area contributed by atoms with Crippen LogP contribution in [0.1, 0.15) is 16.3 Å². The summed E-state index contributed by atoms with van der Waals surface area (Å²) in [5.74, 6) is -0.265. The largest absolute Gasteiger partial charge is 0.464 e. The molecular weight excluding hydrogens is 202 g/mol. The molecule has 0 aromatic carbocycles. The Bertz CT molecular complexity index is 422. The first kappa shape index (κ1) is 10.9. The first-order valence-corrected chi connectivity index (χ1v) is 3.98. The number of imidazole rings is 1. The molecule has 80 valence electrons. The molecule has 1 aromatic heterocycles. The Morgan fingerprint density at radius 3 is 2.93 bits per heavy atom. The van der Waals surface area contributed by atoms with Gasteiger partial charge in [-0.15, -0.1) is 0 Å². The van der Waals surface area contributed by atoms with Crippen molar-refractivity contribution >= 4 is 12.0 Å². The summed E-state index contributed by atoms with van der Waals surface area (Å²) in [5.41, 5.74) is 0.114. The Morgan fingerprint density at radius 1 is 1.73 bits per heavy atom. The van der Waals surface area contributed by atoms with Crippen LogP contribution in [-0.4, -0.2) is 27.6 Å². The van der Waals surface area contributed by atoms with Crippen molar-refractivity contribution in [1.29, 1.82) is 0 Å². The quantitative estimate of drug-likeness (QED) is 0.411. The second-order valence-electron chi connectivity index (χ2n) is 2.69. The summed E-state index contributed by atoms with van der Waals surface area (Å²) in [6.45, 7) is 0. The van der Waals surface area contributed by atoms with Gasteiger partial charge in [0.1, 0.15) is 5.82 Å². The molecule has 0 N–H and O–H groups in total. The molecule has 15 heavy (non-hydrogen) atoms. The van der Waals surface area contributed by atoms with Crippen molar-refractivity contribution in [2.45, 2.75) is 0 Å². The molecule has 0 aliphatic carbocycles. The summed E-state index contributed by atoms with van der Waals surface area (Å²) in [7, 11) is 2.86. The van der Waals surface area contributed by atoms with Gasteiger partial charge in [-0.2, -0.15) is 0 Å². The number of ether oxygens (including phenoxy) is 1. The van der Waals surface area contributed by atoms with Gasteiger partial charge in [0, 0.05) is 13.2 Å². The van der Waals surface area contributed by atoms with Crippen LogP contribution in [0, 0.1) is 10.1 Å². The van der Waals surface area contributed by atoms with E-state index in [0.29, 0.717) is 5.82 Å². The van der Waals surface area contributed by atoms with Crippen LogP contribution < -0.4 is 0 Å². The van der Waals surface area contributed by atoms with Crippen molar-refractivity contribution in [3.8, 4) is 0 Å². The van der Waals surface area contributed by atoms with E-state index in [9.17, 15) is 14.9 Å². The van der Waals surface area contributed by atoms with Crippen molar-refractivity contribution in [2.24, 2.45) is 7.05 Å². The molecule has 0 amide bonds. The third-order valence-electron chi connectivity index (χ3n) is 1.65. The summed E-state index contributed by atoms with van der Waals surface area (Å²) in [5, 5.41) is 10.1. The number of hydrogen-bond acceptors (Lipinski definition) is 5. The standard InChI is InChI=1S/C8H9N3O4/c1-10-5-6(8(12)15-2)9-7(10)3-4-11(13)14/h3-5H,1-2H3/b4-3+. The van der Waals surface area contributed by atoms with Crippen molar-refractivity contribution in [1.82, 2.24) is 9.55 Å². The van der Waals surface area contributed by atoms with Gasteiger partial charge in [0.2, 0.25) is 6.20 Å². The van der Waals surface area contributed by atoms with Crippen LogP contribution in [0.2, 0.25) is 0 Å². The van der Waals surface area contributed by atoms with Gasteiger partial charge < -0.3 is 9.30 Å². The first-order valence-electron chi connectivity index (χ1n) is 3.98. The number of carbonyl (C=O) groups is 1. The predicted molar refractivity (Wildman–Crippen MR) is 50.6 cm³/mol. The summed E-state index contributed by atoms with van der Waals surface area (Å²) >= 11 is 0. The monoisotopic (exact) mass is 211 g/mol. The second-order valence-corrected chi connectivity index (χ2v) is 2.69. The van der Waals surface area contributed by atoms with Gasteiger partial charge in [-0.3, -0.25) is 10.1 Å². The molecule has 7 heteroatoms. The predicted octanol–water partition coefficient (Wildman–Crippen LogP) is 0.454. The molecule has 0 bridgehead atoms. The lowest BCUT2D eigenvalue weighted by Gasteiger charge is -1.90. The van der Waals surface area contributed by atoms with Crippen LogP contribution in [0.25, 0.3) is 6.08 Å². The number of aryl methyl sites for hydroxylation is 1. The Kier molecular flexibility index (Phi) is 3.17. The van der Waals surface area contributed by atoms with E-state index < -0.39 is 10.9 Å². The average molecular weight is 211 g/mol. The van der Waals surface area contributed by atoms with Gasteiger partial charge in [-0.05, 0) is 0 Å². The summed E-state index contributed by atoms with van der Waals surface area (Å²) in [6.07, 6.45) is 3.39. The van der Waals surface area contributed by atoms with Crippen LogP contribution >= 0.6 is 0 Å². The third-order valence-corrected chi connectivity index (χ3v) is 1.65. The number of rotatable bonds is 3. The number of carbonyl (C=O) groups excluding carboxylic acids is 1. The number of nitrogens with zero attached hydrogens (tertiary/aromatic N) is 3. The lowest BCUT2D eigenvalue weighted by molar-refractivity contribution is -0.401. The highest BCUT2D eigenvalue weighted by molar-refractivity contribution is 5.87. The van der Waals surface area contributed by atoms with Crippen molar-refractivity contribution in [2.75, 3.05) is 7.11 Å². The number of hydrogen-bond donors (Lipinski definition) is 0. The fraction of sp³-hybridized carbons (Fsp3) is 0.250. The molecule has 1 aromatic rings. The molecule has 0 spiro atoms. The van der Waals surface area contributed by atoms with E-state index in [1.807, 2.05) is 0 Å². The molecule has 0 saturated carbocycles. The maximum Gasteiger partial charge on any atom is 0.358 e. The minimum Gasteiger partial charge on any atom is -0.464 e. The molecule has 0 fully saturated rings. The van der Waals surface area contributed by atoms with Crippen molar-refractivity contribution < 1.29 is 14.5 Å². The van der Waals surface area contributed by atoms with Gasteiger partial charge in [0.15, 0.2) is 5.69 Å². The summed E-state index contributed by atoms with van der Waals surface area (Å²) < 4.78 is 5.95. The Balaban J connectivity index is 2.96. The lowest BCUT2D eigenvalue weighted by Crippen LogP contribution is -2.00.